The predicted octanol–water partition coefficient (Wildman–Crippen LogP) is 2.75. The first-order chi connectivity index (χ1) is 6.20. The molecular weight excluding hydrogens is 172 g/mol. The minimum Gasteiger partial charge on any atom is -0.388 e. The molecule has 0 aliphatic heterocycles. The summed E-state index contributed by atoms with van der Waals surface area (Å²) in [5.41, 5.74) is 0.999. The van der Waals surface area contributed by atoms with Crippen molar-refractivity contribution in [2.45, 2.75) is 47.1 Å². The minimum absolute atomic E-state index is 0.00723. The van der Waals surface area contributed by atoms with Gasteiger partial charge < -0.3 is 5.11 Å². The number of aliphatic hydroxyl groups excluding tert-OH is 1. The molecule has 0 radical (unpaired) electrons. The summed E-state index contributed by atoms with van der Waals surface area (Å²) in [6.45, 7) is 10.5. The standard InChI is InChI=1S/C13H20O/c1-12(2,3)7-6-10-8-13(4,5)9-11(10)14/h8,11,14H,9H2,1-5H3. The van der Waals surface area contributed by atoms with Crippen molar-refractivity contribution in [3.05, 3.63) is 11.6 Å². The molecule has 0 amide bonds. The van der Waals surface area contributed by atoms with Gasteiger partial charge in [-0.15, -0.1) is 0 Å². The maximum atomic E-state index is 9.75. The fourth-order valence-corrected chi connectivity index (χ4v) is 1.56. The summed E-state index contributed by atoms with van der Waals surface area (Å²) in [6.07, 6.45) is 2.53. The molecule has 1 aliphatic carbocycles. The van der Waals surface area contributed by atoms with E-state index >= 15 is 0 Å². The van der Waals surface area contributed by atoms with Gasteiger partial charge in [0, 0.05) is 11.0 Å². The Morgan fingerprint density at radius 1 is 1.43 bits per heavy atom. The fourth-order valence-electron chi connectivity index (χ4n) is 1.56. The summed E-state index contributed by atoms with van der Waals surface area (Å²) >= 11 is 0. The lowest BCUT2D eigenvalue weighted by atomic mass is 9.93. The lowest BCUT2D eigenvalue weighted by Crippen LogP contribution is -2.10. The average Bonchev–Trinajstić information content (AvgIpc) is 2.19. The van der Waals surface area contributed by atoms with Crippen molar-refractivity contribution in [2.24, 2.45) is 10.8 Å². The Kier molecular flexibility index (Phi) is 2.78. The van der Waals surface area contributed by atoms with Gasteiger partial charge in [0.05, 0.1) is 6.10 Å². The SMILES string of the molecule is CC(C)(C)C#CC1=CC(C)(C)CC1O. The van der Waals surface area contributed by atoms with Gasteiger partial charge in [-0.1, -0.05) is 31.8 Å². The van der Waals surface area contributed by atoms with Crippen molar-refractivity contribution in [3.63, 3.8) is 0 Å². The molecule has 0 bridgehead atoms. The van der Waals surface area contributed by atoms with Crippen LogP contribution >= 0.6 is 0 Å². The van der Waals surface area contributed by atoms with Gasteiger partial charge in [-0.3, -0.25) is 0 Å². The highest BCUT2D eigenvalue weighted by atomic mass is 16.3. The third-order valence-corrected chi connectivity index (χ3v) is 2.21. The molecule has 0 aromatic heterocycles. The molecule has 0 fully saturated rings. The van der Waals surface area contributed by atoms with Crippen LogP contribution in [0.25, 0.3) is 0 Å². The minimum atomic E-state index is -0.361. The number of aliphatic hydroxyl groups is 1. The molecule has 1 nitrogen and oxygen atoms in total. The lowest BCUT2D eigenvalue weighted by molar-refractivity contribution is 0.187. The summed E-state index contributed by atoms with van der Waals surface area (Å²) in [7, 11) is 0. The summed E-state index contributed by atoms with van der Waals surface area (Å²) in [5.74, 6) is 6.24. The molecule has 1 unspecified atom stereocenters. The molecule has 1 atom stereocenters. The molecule has 1 rings (SSSR count). The van der Waals surface area contributed by atoms with Crippen LogP contribution in [0.3, 0.4) is 0 Å². The lowest BCUT2D eigenvalue weighted by Gasteiger charge is -2.13. The maximum absolute atomic E-state index is 9.75. The summed E-state index contributed by atoms with van der Waals surface area (Å²) in [5, 5.41) is 9.75. The first-order valence-electron chi connectivity index (χ1n) is 5.14. The van der Waals surface area contributed by atoms with Crippen LogP contribution in [0.2, 0.25) is 0 Å². The Labute approximate surface area is 87.2 Å². The van der Waals surface area contributed by atoms with Crippen LogP contribution in [0.1, 0.15) is 41.0 Å². The van der Waals surface area contributed by atoms with Gasteiger partial charge in [-0.05, 0) is 32.6 Å². The van der Waals surface area contributed by atoms with E-state index in [-0.39, 0.29) is 16.9 Å². The number of hydrogen-bond acceptors (Lipinski definition) is 1. The first kappa shape index (κ1) is 11.3. The molecule has 1 heteroatoms. The molecule has 0 saturated carbocycles. The highest BCUT2D eigenvalue weighted by Gasteiger charge is 2.29. The quantitative estimate of drug-likeness (QED) is 0.585. The van der Waals surface area contributed by atoms with E-state index in [0.29, 0.717) is 0 Å². The third-order valence-electron chi connectivity index (χ3n) is 2.21. The van der Waals surface area contributed by atoms with E-state index in [2.05, 4.69) is 52.5 Å². The van der Waals surface area contributed by atoms with Gasteiger partial charge >= 0.3 is 0 Å². The predicted molar refractivity (Wildman–Crippen MR) is 59.7 cm³/mol. The average molecular weight is 192 g/mol. The van der Waals surface area contributed by atoms with E-state index in [0.717, 1.165) is 12.0 Å². The first-order valence-corrected chi connectivity index (χ1v) is 5.14. The van der Waals surface area contributed by atoms with Gasteiger partial charge in [0.15, 0.2) is 0 Å². The molecule has 0 heterocycles. The van der Waals surface area contributed by atoms with Crippen LogP contribution in [0.15, 0.2) is 11.6 Å². The fraction of sp³-hybridized carbons (Fsp3) is 0.692. The smallest absolute Gasteiger partial charge is 0.0873 e. The van der Waals surface area contributed by atoms with Crippen molar-refractivity contribution in [1.82, 2.24) is 0 Å². The van der Waals surface area contributed by atoms with Crippen LogP contribution < -0.4 is 0 Å². The second-order valence-corrected chi connectivity index (χ2v) is 5.81. The Morgan fingerprint density at radius 3 is 2.36 bits per heavy atom. The summed E-state index contributed by atoms with van der Waals surface area (Å²) < 4.78 is 0. The van der Waals surface area contributed by atoms with Crippen molar-refractivity contribution in [3.8, 4) is 11.8 Å². The van der Waals surface area contributed by atoms with Crippen LogP contribution in [0.4, 0.5) is 0 Å². The van der Waals surface area contributed by atoms with Crippen LogP contribution in [-0.2, 0) is 0 Å². The van der Waals surface area contributed by atoms with Crippen LogP contribution in [0, 0.1) is 22.7 Å². The van der Waals surface area contributed by atoms with Crippen molar-refractivity contribution in [2.75, 3.05) is 0 Å². The molecule has 0 aromatic rings. The normalized spacial score (nSPS) is 25.3. The molecular formula is C13H20O. The number of rotatable bonds is 0. The zero-order chi connectivity index (χ0) is 11.0. The van der Waals surface area contributed by atoms with E-state index in [1.807, 2.05) is 0 Å². The Hall–Kier alpha value is -0.740. The Balaban J connectivity index is 2.84. The Morgan fingerprint density at radius 2 is 2.00 bits per heavy atom. The molecule has 1 N–H and O–H groups in total. The molecule has 78 valence electrons. The van der Waals surface area contributed by atoms with Crippen molar-refractivity contribution < 1.29 is 5.11 Å². The summed E-state index contributed by atoms with van der Waals surface area (Å²) in [6, 6.07) is 0. The highest BCUT2D eigenvalue weighted by molar-refractivity contribution is 5.38. The number of allylic oxidation sites excluding steroid dienone is 1. The van der Waals surface area contributed by atoms with E-state index in [1.54, 1.807) is 0 Å². The van der Waals surface area contributed by atoms with E-state index in [4.69, 9.17) is 0 Å². The van der Waals surface area contributed by atoms with Crippen LogP contribution in [0.5, 0.6) is 0 Å². The topological polar surface area (TPSA) is 20.2 Å². The van der Waals surface area contributed by atoms with Crippen molar-refractivity contribution in [1.29, 1.82) is 0 Å². The van der Waals surface area contributed by atoms with Gasteiger partial charge in [-0.2, -0.15) is 0 Å². The highest BCUT2D eigenvalue weighted by Crippen LogP contribution is 2.34. The second-order valence-electron chi connectivity index (χ2n) is 5.81. The van der Waals surface area contributed by atoms with Gasteiger partial charge in [0.25, 0.3) is 0 Å². The van der Waals surface area contributed by atoms with Gasteiger partial charge in [0.2, 0.25) is 0 Å². The summed E-state index contributed by atoms with van der Waals surface area (Å²) in [4.78, 5) is 0. The van der Waals surface area contributed by atoms with Gasteiger partial charge in [0.1, 0.15) is 0 Å². The molecule has 0 saturated heterocycles. The zero-order valence-electron chi connectivity index (χ0n) is 9.81. The van der Waals surface area contributed by atoms with Crippen molar-refractivity contribution >= 4 is 0 Å². The molecule has 14 heavy (non-hydrogen) atoms. The molecule has 0 spiro atoms. The monoisotopic (exact) mass is 192 g/mol. The molecule has 0 aromatic carbocycles. The number of hydrogen-bond donors (Lipinski definition) is 1. The third kappa shape index (κ3) is 3.20. The van der Waals surface area contributed by atoms with E-state index < -0.39 is 0 Å². The van der Waals surface area contributed by atoms with Gasteiger partial charge in [-0.25, -0.2) is 0 Å². The largest absolute Gasteiger partial charge is 0.388 e. The maximum Gasteiger partial charge on any atom is 0.0873 e. The second kappa shape index (κ2) is 3.44. The van der Waals surface area contributed by atoms with Crippen LogP contribution in [-0.4, -0.2) is 11.2 Å². The molecule has 1 aliphatic rings. The van der Waals surface area contributed by atoms with E-state index in [1.165, 1.54) is 0 Å². The van der Waals surface area contributed by atoms with E-state index in [9.17, 15) is 5.11 Å². The Bertz CT molecular complexity index is 304. The zero-order valence-corrected chi connectivity index (χ0v) is 9.81.